The van der Waals surface area contributed by atoms with Gasteiger partial charge in [0.25, 0.3) is 0 Å². The Hall–Kier alpha value is -1.63. The van der Waals surface area contributed by atoms with Gasteiger partial charge in [0, 0.05) is 17.2 Å². The number of pyridine rings is 1. The first kappa shape index (κ1) is 13.8. The first-order chi connectivity index (χ1) is 9.17. The van der Waals surface area contributed by atoms with Crippen molar-refractivity contribution in [3.63, 3.8) is 0 Å². The van der Waals surface area contributed by atoms with Crippen molar-refractivity contribution in [3.05, 3.63) is 53.7 Å². The minimum atomic E-state index is 0.678. The summed E-state index contributed by atoms with van der Waals surface area (Å²) in [6, 6.07) is 13.1. The highest BCUT2D eigenvalue weighted by molar-refractivity contribution is 5.60. The van der Waals surface area contributed by atoms with Crippen LogP contribution < -0.4 is 4.57 Å². The van der Waals surface area contributed by atoms with Gasteiger partial charge < -0.3 is 0 Å². The largest absolute Gasteiger partial charge is 0.212 e. The van der Waals surface area contributed by atoms with Crippen LogP contribution in [-0.4, -0.2) is 0 Å². The molecule has 0 fully saturated rings. The third-order valence-electron chi connectivity index (χ3n) is 4.03. The minimum absolute atomic E-state index is 0.678. The zero-order valence-electron chi connectivity index (χ0n) is 12.5. The summed E-state index contributed by atoms with van der Waals surface area (Å²) < 4.78 is 2.26. The fraction of sp³-hybridized carbons (Fsp3) is 0.389. The molecule has 0 saturated carbocycles. The van der Waals surface area contributed by atoms with Gasteiger partial charge in [-0.2, -0.15) is 0 Å². The third-order valence-corrected chi connectivity index (χ3v) is 4.03. The average molecular weight is 254 g/mol. The second kappa shape index (κ2) is 6.01. The van der Waals surface area contributed by atoms with E-state index < -0.39 is 0 Å². The summed E-state index contributed by atoms with van der Waals surface area (Å²) in [5.41, 5.74) is 5.38. The van der Waals surface area contributed by atoms with Crippen LogP contribution in [0.3, 0.4) is 0 Å². The molecule has 0 radical (unpaired) electrons. The van der Waals surface area contributed by atoms with Gasteiger partial charge in [-0.25, -0.2) is 4.57 Å². The summed E-state index contributed by atoms with van der Waals surface area (Å²) in [5, 5.41) is 0. The number of rotatable bonds is 4. The Labute approximate surface area is 116 Å². The molecule has 1 heterocycles. The van der Waals surface area contributed by atoms with Crippen LogP contribution >= 0.6 is 0 Å². The lowest BCUT2D eigenvalue weighted by Gasteiger charge is -2.12. The molecule has 0 atom stereocenters. The van der Waals surface area contributed by atoms with Crippen molar-refractivity contribution in [1.82, 2.24) is 0 Å². The Morgan fingerprint density at radius 2 is 1.68 bits per heavy atom. The van der Waals surface area contributed by atoms with E-state index in [1.807, 2.05) is 0 Å². The van der Waals surface area contributed by atoms with Crippen molar-refractivity contribution < 1.29 is 4.57 Å². The minimum Gasteiger partial charge on any atom is -0.201 e. The maximum absolute atomic E-state index is 2.29. The van der Waals surface area contributed by atoms with E-state index in [4.69, 9.17) is 0 Å². The SMILES string of the molecule is CCC(CC)c1ccc(-c2ccccc2C)[n+](C)c1. The fourth-order valence-electron chi connectivity index (χ4n) is 2.77. The Morgan fingerprint density at radius 3 is 2.26 bits per heavy atom. The van der Waals surface area contributed by atoms with Crippen LogP contribution in [-0.2, 0) is 7.05 Å². The normalized spacial score (nSPS) is 11.0. The molecule has 100 valence electrons. The van der Waals surface area contributed by atoms with Crippen molar-refractivity contribution in [2.45, 2.75) is 39.5 Å². The van der Waals surface area contributed by atoms with Gasteiger partial charge >= 0.3 is 0 Å². The lowest BCUT2D eigenvalue weighted by molar-refractivity contribution is -0.660. The van der Waals surface area contributed by atoms with Gasteiger partial charge in [0.15, 0.2) is 6.20 Å². The van der Waals surface area contributed by atoms with E-state index >= 15 is 0 Å². The highest BCUT2D eigenvalue weighted by Crippen LogP contribution is 2.24. The van der Waals surface area contributed by atoms with Gasteiger partial charge in [0.2, 0.25) is 5.69 Å². The van der Waals surface area contributed by atoms with Crippen molar-refractivity contribution >= 4 is 0 Å². The Balaban J connectivity index is 2.43. The smallest absolute Gasteiger partial charge is 0.201 e. The zero-order valence-corrected chi connectivity index (χ0v) is 12.5. The van der Waals surface area contributed by atoms with E-state index in [0.29, 0.717) is 5.92 Å². The van der Waals surface area contributed by atoms with Crippen molar-refractivity contribution in [3.8, 4) is 11.3 Å². The maximum Gasteiger partial charge on any atom is 0.212 e. The molecule has 0 unspecified atom stereocenters. The van der Waals surface area contributed by atoms with Crippen molar-refractivity contribution in [1.29, 1.82) is 0 Å². The van der Waals surface area contributed by atoms with Crippen LogP contribution in [0.4, 0.5) is 0 Å². The Kier molecular flexibility index (Phi) is 4.36. The van der Waals surface area contributed by atoms with Crippen LogP contribution in [0.5, 0.6) is 0 Å². The summed E-state index contributed by atoms with van der Waals surface area (Å²) in [6.45, 7) is 6.71. The monoisotopic (exact) mass is 254 g/mol. The summed E-state index contributed by atoms with van der Waals surface area (Å²) in [4.78, 5) is 0. The standard InChI is InChI=1S/C18H24N/c1-5-15(6-2)16-11-12-18(19(4)13-16)17-10-8-7-9-14(17)3/h7-13,15H,5-6H2,1-4H3/q+1. The predicted molar refractivity (Wildman–Crippen MR) is 81.1 cm³/mol. The van der Waals surface area contributed by atoms with E-state index in [1.165, 1.54) is 35.2 Å². The molecule has 0 bridgehead atoms. The van der Waals surface area contributed by atoms with Crippen LogP contribution in [0.15, 0.2) is 42.6 Å². The number of aryl methyl sites for hydroxylation is 2. The average Bonchev–Trinajstić information content (AvgIpc) is 2.41. The summed E-state index contributed by atoms with van der Waals surface area (Å²) >= 11 is 0. The van der Waals surface area contributed by atoms with Crippen LogP contribution in [0.25, 0.3) is 11.3 Å². The van der Waals surface area contributed by atoms with Gasteiger partial charge in [-0.1, -0.05) is 32.0 Å². The quantitative estimate of drug-likeness (QED) is 0.712. The molecule has 0 saturated heterocycles. The lowest BCUT2D eigenvalue weighted by Crippen LogP contribution is -2.31. The van der Waals surface area contributed by atoms with Gasteiger partial charge in [0.05, 0.1) is 0 Å². The highest BCUT2D eigenvalue weighted by atomic mass is 14.9. The summed E-state index contributed by atoms with van der Waals surface area (Å²) in [6.07, 6.45) is 4.71. The molecule has 0 spiro atoms. The Bertz CT molecular complexity index is 553. The predicted octanol–water partition coefficient (Wildman–Crippen LogP) is 4.39. The third kappa shape index (κ3) is 2.86. The molecule has 2 aromatic rings. The molecule has 0 N–H and O–H groups in total. The molecule has 0 aliphatic heterocycles. The number of benzene rings is 1. The fourth-order valence-corrected chi connectivity index (χ4v) is 2.77. The van der Waals surface area contributed by atoms with E-state index in [-0.39, 0.29) is 0 Å². The molecule has 0 aliphatic carbocycles. The van der Waals surface area contributed by atoms with Crippen LogP contribution in [0.2, 0.25) is 0 Å². The van der Waals surface area contributed by atoms with E-state index in [9.17, 15) is 0 Å². The number of hydrogen-bond acceptors (Lipinski definition) is 0. The van der Waals surface area contributed by atoms with E-state index in [0.717, 1.165) is 0 Å². The Morgan fingerprint density at radius 1 is 1.00 bits per heavy atom. The molecule has 19 heavy (non-hydrogen) atoms. The summed E-state index contributed by atoms with van der Waals surface area (Å²) in [7, 11) is 2.15. The molecule has 1 nitrogen and oxygen atoms in total. The first-order valence-electron chi connectivity index (χ1n) is 7.23. The van der Waals surface area contributed by atoms with Gasteiger partial charge in [-0.05, 0) is 43.4 Å². The molecule has 0 amide bonds. The van der Waals surface area contributed by atoms with Crippen molar-refractivity contribution in [2.24, 2.45) is 7.05 Å². The molecular weight excluding hydrogens is 230 g/mol. The molecular formula is C18H24N+. The molecule has 1 heteroatoms. The summed E-state index contributed by atoms with van der Waals surface area (Å²) in [5.74, 6) is 0.678. The van der Waals surface area contributed by atoms with Crippen molar-refractivity contribution in [2.75, 3.05) is 0 Å². The second-order valence-electron chi connectivity index (χ2n) is 5.29. The van der Waals surface area contributed by atoms with Gasteiger partial charge in [0.1, 0.15) is 7.05 Å². The number of aromatic nitrogens is 1. The number of nitrogens with zero attached hydrogens (tertiary/aromatic N) is 1. The topological polar surface area (TPSA) is 3.88 Å². The molecule has 1 aromatic heterocycles. The molecule has 0 aliphatic rings. The number of hydrogen-bond donors (Lipinski definition) is 0. The highest BCUT2D eigenvalue weighted by Gasteiger charge is 2.15. The van der Waals surface area contributed by atoms with E-state index in [2.05, 4.69) is 75.0 Å². The van der Waals surface area contributed by atoms with Gasteiger partial charge in [-0.15, -0.1) is 0 Å². The maximum atomic E-state index is 2.29. The lowest BCUT2D eigenvalue weighted by atomic mass is 9.94. The molecule has 1 aromatic carbocycles. The van der Waals surface area contributed by atoms with Crippen LogP contribution in [0, 0.1) is 6.92 Å². The first-order valence-corrected chi connectivity index (χ1v) is 7.23. The van der Waals surface area contributed by atoms with E-state index in [1.54, 1.807) is 0 Å². The zero-order chi connectivity index (χ0) is 13.8. The second-order valence-corrected chi connectivity index (χ2v) is 5.29. The van der Waals surface area contributed by atoms with Gasteiger partial charge in [-0.3, -0.25) is 0 Å². The molecule has 2 rings (SSSR count). The van der Waals surface area contributed by atoms with Crippen LogP contribution in [0.1, 0.15) is 43.7 Å².